The normalized spacial score (nSPS) is 12.3. The van der Waals surface area contributed by atoms with Gasteiger partial charge in [-0.2, -0.15) is 0 Å². The van der Waals surface area contributed by atoms with Crippen molar-refractivity contribution in [1.29, 1.82) is 0 Å². The molecule has 1 N–H and O–H groups in total. The Hall–Kier alpha value is -2.08. The van der Waals surface area contributed by atoms with Gasteiger partial charge < -0.3 is 19.5 Å². The molecular formula is C17H25NO5. The Labute approximate surface area is 137 Å². The Balaban J connectivity index is 2.42. The second-order valence-corrected chi connectivity index (χ2v) is 6.03. The van der Waals surface area contributed by atoms with E-state index in [1.54, 1.807) is 20.8 Å². The van der Waals surface area contributed by atoms with Gasteiger partial charge in [-0.15, -0.1) is 0 Å². The quantitative estimate of drug-likeness (QED) is 0.616. The Morgan fingerprint density at radius 1 is 1.17 bits per heavy atom. The molecule has 0 aliphatic rings. The zero-order chi connectivity index (χ0) is 17.3. The number of rotatable bonds is 7. The second kappa shape index (κ2) is 9.15. The predicted molar refractivity (Wildman–Crippen MR) is 86.1 cm³/mol. The second-order valence-electron chi connectivity index (χ2n) is 6.03. The molecule has 6 heteroatoms. The first-order valence-electron chi connectivity index (χ1n) is 7.51. The van der Waals surface area contributed by atoms with E-state index in [9.17, 15) is 9.59 Å². The zero-order valence-electron chi connectivity index (χ0n) is 14.1. The van der Waals surface area contributed by atoms with Crippen molar-refractivity contribution in [2.75, 3.05) is 20.3 Å². The molecule has 1 atom stereocenters. The van der Waals surface area contributed by atoms with Gasteiger partial charge in [0.25, 0.3) is 0 Å². The van der Waals surface area contributed by atoms with E-state index in [0.29, 0.717) is 6.61 Å². The zero-order valence-corrected chi connectivity index (χ0v) is 14.1. The van der Waals surface area contributed by atoms with Crippen molar-refractivity contribution in [1.82, 2.24) is 5.32 Å². The first kappa shape index (κ1) is 19.0. The average Bonchev–Trinajstić information content (AvgIpc) is 2.48. The molecule has 0 heterocycles. The van der Waals surface area contributed by atoms with Crippen LogP contribution in [0, 0.1) is 0 Å². The van der Waals surface area contributed by atoms with Gasteiger partial charge >= 0.3 is 12.1 Å². The van der Waals surface area contributed by atoms with E-state index in [1.165, 1.54) is 7.11 Å². The standard InChI is InChI=1S/C17H25NO5/c1-17(2,3)23-16(20)18-14(15(19)21-4)12-22-11-10-13-8-6-5-7-9-13/h5-9,14H,10-12H2,1-4H3,(H,18,20)/t14-/m1/s1. The number of ether oxygens (including phenoxy) is 3. The van der Waals surface area contributed by atoms with Crippen molar-refractivity contribution < 1.29 is 23.8 Å². The number of carbonyl (C=O) groups excluding carboxylic acids is 2. The number of amides is 1. The number of nitrogens with one attached hydrogen (secondary N) is 1. The lowest BCUT2D eigenvalue weighted by Crippen LogP contribution is -2.46. The van der Waals surface area contributed by atoms with E-state index >= 15 is 0 Å². The number of hydrogen-bond acceptors (Lipinski definition) is 5. The molecule has 1 aromatic carbocycles. The van der Waals surface area contributed by atoms with Gasteiger partial charge in [0.2, 0.25) is 0 Å². The molecule has 1 aromatic rings. The summed E-state index contributed by atoms with van der Waals surface area (Å²) in [5.74, 6) is -0.574. The van der Waals surface area contributed by atoms with Crippen LogP contribution < -0.4 is 5.32 Å². The van der Waals surface area contributed by atoms with Crippen LogP contribution in [0.2, 0.25) is 0 Å². The summed E-state index contributed by atoms with van der Waals surface area (Å²) in [6.07, 6.45) is 0.0424. The molecule has 0 spiro atoms. The van der Waals surface area contributed by atoms with Crippen LogP contribution >= 0.6 is 0 Å². The van der Waals surface area contributed by atoms with E-state index in [1.807, 2.05) is 30.3 Å². The number of benzene rings is 1. The number of methoxy groups -OCH3 is 1. The molecule has 0 radical (unpaired) electrons. The monoisotopic (exact) mass is 323 g/mol. The summed E-state index contributed by atoms with van der Waals surface area (Å²) in [5.41, 5.74) is 0.501. The third-order valence-electron chi connectivity index (χ3n) is 2.84. The van der Waals surface area contributed by atoms with E-state index < -0.39 is 23.7 Å². The largest absolute Gasteiger partial charge is 0.467 e. The summed E-state index contributed by atoms with van der Waals surface area (Å²) < 4.78 is 15.3. The molecule has 0 saturated heterocycles. The Morgan fingerprint density at radius 2 is 1.83 bits per heavy atom. The third-order valence-corrected chi connectivity index (χ3v) is 2.84. The number of carbonyl (C=O) groups is 2. The maximum Gasteiger partial charge on any atom is 0.408 e. The lowest BCUT2D eigenvalue weighted by atomic mass is 10.2. The molecule has 6 nitrogen and oxygen atoms in total. The SMILES string of the molecule is COC(=O)[C@@H](COCCc1ccccc1)NC(=O)OC(C)(C)C. The van der Waals surface area contributed by atoms with Crippen molar-refractivity contribution in [2.45, 2.75) is 38.8 Å². The molecule has 128 valence electrons. The molecule has 23 heavy (non-hydrogen) atoms. The molecule has 0 unspecified atom stereocenters. The molecule has 0 fully saturated rings. The summed E-state index contributed by atoms with van der Waals surface area (Å²) in [6, 6.07) is 8.96. The van der Waals surface area contributed by atoms with E-state index in [4.69, 9.17) is 9.47 Å². The molecule has 1 amide bonds. The van der Waals surface area contributed by atoms with E-state index in [-0.39, 0.29) is 6.61 Å². The number of alkyl carbamates (subject to hydrolysis) is 1. The first-order valence-corrected chi connectivity index (χ1v) is 7.51. The minimum atomic E-state index is -0.898. The van der Waals surface area contributed by atoms with Gasteiger partial charge in [-0.1, -0.05) is 30.3 Å². The van der Waals surface area contributed by atoms with Crippen LogP contribution in [-0.4, -0.2) is 44.0 Å². The highest BCUT2D eigenvalue weighted by atomic mass is 16.6. The van der Waals surface area contributed by atoms with Crippen LogP contribution in [0.1, 0.15) is 26.3 Å². The Kier molecular flexibility index (Phi) is 7.54. The molecule has 0 aliphatic carbocycles. The van der Waals surface area contributed by atoms with Crippen LogP contribution in [0.4, 0.5) is 4.79 Å². The maximum atomic E-state index is 11.7. The fraction of sp³-hybridized carbons (Fsp3) is 0.529. The molecule has 0 bridgehead atoms. The minimum absolute atomic E-state index is 0.0265. The lowest BCUT2D eigenvalue weighted by molar-refractivity contribution is -0.144. The number of esters is 1. The predicted octanol–water partition coefficient (Wildman–Crippen LogP) is 2.31. The molecule has 1 rings (SSSR count). The average molecular weight is 323 g/mol. The Bertz CT molecular complexity index is 495. The van der Waals surface area contributed by atoms with Crippen molar-refractivity contribution in [3.63, 3.8) is 0 Å². The van der Waals surface area contributed by atoms with Crippen LogP contribution in [0.25, 0.3) is 0 Å². The van der Waals surface area contributed by atoms with Gasteiger partial charge in [0.1, 0.15) is 5.60 Å². The minimum Gasteiger partial charge on any atom is -0.467 e. The van der Waals surface area contributed by atoms with Gasteiger partial charge in [0, 0.05) is 0 Å². The third kappa shape index (κ3) is 8.21. The van der Waals surface area contributed by atoms with Crippen molar-refractivity contribution in [2.24, 2.45) is 0 Å². The fourth-order valence-electron chi connectivity index (χ4n) is 1.80. The van der Waals surface area contributed by atoms with Gasteiger partial charge in [-0.25, -0.2) is 9.59 Å². The van der Waals surface area contributed by atoms with E-state index in [0.717, 1.165) is 12.0 Å². The lowest BCUT2D eigenvalue weighted by Gasteiger charge is -2.22. The van der Waals surface area contributed by atoms with Gasteiger partial charge in [0.05, 0.1) is 20.3 Å². The topological polar surface area (TPSA) is 73.9 Å². The molecular weight excluding hydrogens is 298 g/mol. The molecule has 0 saturated carbocycles. The smallest absolute Gasteiger partial charge is 0.408 e. The van der Waals surface area contributed by atoms with E-state index in [2.05, 4.69) is 10.1 Å². The van der Waals surface area contributed by atoms with Crippen LogP contribution in [-0.2, 0) is 25.4 Å². The highest BCUT2D eigenvalue weighted by molar-refractivity contribution is 5.81. The van der Waals surface area contributed by atoms with Gasteiger partial charge in [-0.3, -0.25) is 0 Å². The van der Waals surface area contributed by atoms with Gasteiger partial charge in [-0.05, 0) is 32.8 Å². The van der Waals surface area contributed by atoms with Crippen LogP contribution in [0.15, 0.2) is 30.3 Å². The van der Waals surface area contributed by atoms with Crippen molar-refractivity contribution >= 4 is 12.1 Å². The van der Waals surface area contributed by atoms with Crippen LogP contribution in [0.3, 0.4) is 0 Å². The fourth-order valence-corrected chi connectivity index (χ4v) is 1.80. The highest BCUT2D eigenvalue weighted by Gasteiger charge is 2.25. The highest BCUT2D eigenvalue weighted by Crippen LogP contribution is 2.07. The maximum absolute atomic E-state index is 11.7. The molecule has 0 aliphatic heterocycles. The van der Waals surface area contributed by atoms with Crippen molar-refractivity contribution in [3.05, 3.63) is 35.9 Å². The van der Waals surface area contributed by atoms with Crippen molar-refractivity contribution in [3.8, 4) is 0 Å². The summed E-state index contributed by atoms with van der Waals surface area (Å²) in [6.45, 7) is 5.70. The summed E-state index contributed by atoms with van der Waals surface area (Å²) >= 11 is 0. The summed E-state index contributed by atoms with van der Waals surface area (Å²) in [7, 11) is 1.26. The Morgan fingerprint density at radius 3 is 2.39 bits per heavy atom. The molecule has 0 aromatic heterocycles. The summed E-state index contributed by atoms with van der Waals surface area (Å²) in [4.78, 5) is 23.5. The number of hydrogen-bond donors (Lipinski definition) is 1. The first-order chi connectivity index (χ1) is 10.8. The van der Waals surface area contributed by atoms with Crippen LogP contribution in [0.5, 0.6) is 0 Å². The van der Waals surface area contributed by atoms with Gasteiger partial charge in [0.15, 0.2) is 6.04 Å². The summed E-state index contributed by atoms with van der Waals surface area (Å²) in [5, 5.41) is 2.46.